The van der Waals surface area contributed by atoms with E-state index in [2.05, 4.69) is 39.3 Å². The zero-order valence-corrected chi connectivity index (χ0v) is 21.8. The van der Waals surface area contributed by atoms with E-state index in [1.165, 1.54) is 38.0 Å². The molecule has 2 fully saturated rings. The van der Waals surface area contributed by atoms with Crippen molar-refractivity contribution in [3.8, 4) is 0 Å². The molecule has 0 bridgehead atoms. The molecule has 7 heteroatoms. The highest BCUT2D eigenvalue weighted by molar-refractivity contribution is 14.0. The summed E-state index contributed by atoms with van der Waals surface area (Å²) in [6.07, 6.45) is 4.82. The average molecular weight is 546 g/mol. The number of rotatable bonds is 7. The van der Waals surface area contributed by atoms with Crippen molar-refractivity contribution in [2.24, 2.45) is 16.8 Å². The Kier molecular flexibility index (Phi) is 11.5. The van der Waals surface area contributed by atoms with Gasteiger partial charge in [0.05, 0.1) is 0 Å². The molecule has 2 saturated heterocycles. The lowest BCUT2D eigenvalue weighted by Crippen LogP contribution is -2.50. The van der Waals surface area contributed by atoms with E-state index in [9.17, 15) is 4.39 Å². The minimum Gasteiger partial charge on any atom is -0.356 e. The second kappa shape index (κ2) is 13.6. The van der Waals surface area contributed by atoms with E-state index in [-0.39, 0.29) is 29.8 Å². The fourth-order valence-corrected chi connectivity index (χ4v) is 4.71. The third-order valence-corrected chi connectivity index (χ3v) is 6.26. The van der Waals surface area contributed by atoms with Gasteiger partial charge in [0.25, 0.3) is 0 Å². The molecular formula is C24H41FIN5. The second-order valence-electron chi connectivity index (χ2n) is 9.44. The van der Waals surface area contributed by atoms with Crippen LogP contribution in [0.25, 0.3) is 0 Å². The Morgan fingerprint density at radius 3 is 2.45 bits per heavy atom. The summed E-state index contributed by atoms with van der Waals surface area (Å²) in [5.74, 6) is 2.21. The van der Waals surface area contributed by atoms with Gasteiger partial charge in [-0.25, -0.2) is 4.39 Å². The van der Waals surface area contributed by atoms with Crippen molar-refractivity contribution in [1.29, 1.82) is 0 Å². The first-order valence-electron chi connectivity index (χ1n) is 11.7. The molecule has 31 heavy (non-hydrogen) atoms. The number of halogens is 2. The Morgan fingerprint density at radius 1 is 1.10 bits per heavy atom. The van der Waals surface area contributed by atoms with Crippen LogP contribution in [0.3, 0.4) is 0 Å². The topological polar surface area (TPSA) is 42.9 Å². The lowest BCUT2D eigenvalue weighted by molar-refractivity contribution is 0.159. The maximum absolute atomic E-state index is 13.1. The SMILES string of the molecule is CN=C(NCC1CCCN(CC(C)C)C1)NC1CCN(Cc2ccc(F)cc2)CC1.I. The summed E-state index contributed by atoms with van der Waals surface area (Å²) in [4.78, 5) is 9.53. The third kappa shape index (κ3) is 9.22. The molecular weight excluding hydrogens is 504 g/mol. The molecule has 0 aliphatic carbocycles. The smallest absolute Gasteiger partial charge is 0.191 e. The quantitative estimate of drug-likeness (QED) is 0.310. The van der Waals surface area contributed by atoms with E-state index < -0.39 is 0 Å². The van der Waals surface area contributed by atoms with Crippen LogP contribution < -0.4 is 10.6 Å². The molecule has 0 aromatic heterocycles. The first-order chi connectivity index (χ1) is 14.5. The fraction of sp³-hybridized carbons (Fsp3) is 0.708. The largest absolute Gasteiger partial charge is 0.356 e. The van der Waals surface area contributed by atoms with Crippen molar-refractivity contribution in [2.75, 3.05) is 46.3 Å². The lowest BCUT2D eigenvalue weighted by Gasteiger charge is -2.35. The van der Waals surface area contributed by atoms with Gasteiger partial charge in [0.2, 0.25) is 0 Å². The predicted octanol–water partition coefficient (Wildman–Crippen LogP) is 3.94. The summed E-state index contributed by atoms with van der Waals surface area (Å²) in [7, 11) is 1.87. The van der Waals surface area contributed by atoms with Gasteiger partial charge in [-0.2, -0.15) is 0 Å². The van der Waals surface area contributed by atoms with Gasteiger partial charge in [-0.05, 0) is 61.8 Å². The molecule has 2 aliphatic rings. The highest BCUT2D eigenvalue weighted by Crippen LogP contribution is 2.17. The van der Waals surface area contributed by atoms with Crippen LogP contribution in [0.2, 0.25) is 0 Å². The maximum atomic E-state index is 13.1. The highest BCUT2D eigenvalue weighted by atomic mass is 127. The van der Waals surface area contributed by atoms with E-state index in [1.54, 1.807) is 12.1 Å². The van der Waals surface area contributed by atoms with Crippen molar-refractivity contribution >= 4 is 29.9 Å². The molecule has 2 N–H and O–H groups in total. The molecule has 0 radical (unpaired) electrons. The van der Waals surface area contributed by atoms with E-state index >= 15 is 0 Å². The van der Waals surface area contributed by atoms with Crippen LogP contribution in [0.1, 0.15) is 45.1 Å². The van der Waals surface area contributed by atoms with Gasteiger partial charge >= 0.3 is 0 Å². The molecule has 3 rings (SSSR count). The molecule has 0 saturated carbocycles. The monoisotopic (exact) mass is 545 g/mol. The average Bonchev–Trinajstić information content (AvgIpc) is 2.74. The van der Waals surface area contributed by atoms with Gasteiger partial charge in [-0.1, -0.05) is 26.0 Å². The number of benzene rings is 1. The van der Waals surface area contributed by atoms with Gasteiger partial charge < -0.3 is 15.5 Å². The third-order valence-electron chi connectivity index (χ3n) is 6.26. The first-order valence-corrected chi connectivity index (χ1v) is 11.7. The van der Waals surface area contributed by atoms with Gasteiger partial charge in [-0.3, -0.25) is 9.89 Å². The maximum Gasteiger partial charge on any atom is 0.191 e. The van der Waals surface area contributed by atoms with Gasteiger partial charge in [-0.15, -0.1) is 24.0 Å². The number of aliphatic imine (C=N–C) groups is 1. The Labute approximate surface area is 205 Å². The number of nitrogens with zero attached hydrogens (tertiary/aromatic N) is 3. The minimum atomic E-state index is -0.165. The Balaban J connectivity index is 0.00000341. The second-order valence-corrected chi connectivity index (χ2v) is 9.44. The van der Waals surface area contributed by atoms with Crippen LogP contribution >= 0.6 is 24.0 Å². The van der Waals surface area contributed by atoms with Crippen molar-refractivity contribution < 1.29 is 4.39 Å². The van der Waals surface area contributed by atoms with Crippen LogP contribution in [0, 0.1) is 17.7 Å². The molecule has 1 unspecified atom stereocenters. The first kappa shape index (κ1) is 26.3. The summed E-state index contributed by atoms with van der Waals surface area (Å²) in [6.45, 7) is 12.3. The van der Waals surface area contributed by atoms with Crippen LogP contribution in [0.15, 0.2) is 29.3 Å². The number of likely N-dealkylation sites (tertiary alicyclic amines) is 2. The summed E-state index contributed by atoms with van der Waals surface area (Å²) in [6, 6.07) is 7.34. The van der Waals surface area contributed by atoms with Crippen molar-refractivity contribution in [3.05, 3.63) is 35.6 Å². The van der Waals surface area contributed by atoms with Crippen molar-refractivity contribution in [3.63, 3.8) is 0 Å². The Hall–Kier alpha value is -0.930. The number of nitrogens with one attached hydrogen (secondary N) is 2. The molecule has 1 aromatic carbocycles. The van der Waals surface area contributed by atoms with E-state index in [0.717, 1.165) is 50.9 Å². The van der Waals surface area contributed by atoms with Crippen LogP contribution in [-0.4, -0.2) is 68.1 Å². The predicted molar refractivity (Wildman–Crippen MR) is 139 cm³/mol. The summed E-state index contributed by atoms with van der Waals surface area (Å²) < 4.78 is 13.1. The summed E-state index contributed by atoms with van der Waals surface area (Å²) in [5, 5.41) is 7.21. The van der Waals surface area contributed by atoms with E-state index in [0.29, 0.717) is 12.0 Å². The zero-order valence-electron chi connectivity index (χ0n) is 19.4. The number of guanidine groups is 1. The Bertz CT molecular complexity index is 658. The molecule has 5 nitrogen and oxygen atoms in total. The summed E-state index contributed by atoms with van der Waals surface area (Å²) in [5.41, 5.74) is 1.18. The van der Waals surface area contributed by atoms with Gasteiger partial charge in [0.15, 0.2) is 5.96 Å². The van der Waals surface area contributed by atoms with Crippen molar-refractivity contribution in [1.82, 2.24) is 20.4 Å². The molecule has 1 atom stereocenters. The van der Waals surface area contributed by atoms with Gasteiger partial charge in [0, 0.05) is 52.4 Å². The molecule has 1 aromatic rings. The lowest BCUT2D eigenvalue weighted by atomic mass is 9.97. The molecule has 2 aliphatic heterocycles. The van der Waals surface area contributed by atoms with Crippen LogP contribution in [0.4, 0.5) is 4.39 Å². The van der Waals surface area contributed by atoms with Gasteiger partial charge in [0.1, 0.15) is 5.82 Å². The fourth-order valence-electron chi connectivity index (χ4n) is 4.71. The van der Waals surface area contributed by atoms with Crippen molar-refractivity contribution in [2.45, 2.75) is 52.1 Å². The molecule has 0 amide bonds. The van der Waals surface area contributed by atoms with E-state index in [1.807, 2.05) is 19.2 Å². The summed E-state index contributed by atoms with van der Waals surface area (Å²) >= 11 is 0. The highest BCUT2D eigenvalue weighted by Gasteiger charge is 2.22. The number of hydrogen-bond donors (Lipinski definition) is 2. The number of piperidine rings is 2. The molecule has 0 spiro atoms. The number of hydrogen-bond acceptors (Lipinski definition) is 3. The molecule has 2 heterocycles. The van der Waals surface area contributed by atoms with E-state index in [4.69, 9.17) is 0 Å². The zero-order chi connectivity index (χ0) is 21.3. The standard InChI is InChI=1S/C24H40FN5.HI/c1-19(2)16-30-12-4-5-21(18-30)15-27-24(26-3)28-23-10-13-29(14-11-23)17-20-6-8-22(25)9-7-20;/h6-9,19,21,23H,4-5,10-18H2,1-3H3,(H2,26,27,28);1H. The Morgan fingerprint density at radius 2 is 1.81 bits per heavy atom. The van der Waals surface area contributed by atoms with Crippen LogP contribution in [0.5, 0.6) is 0 Å². The molecule has 176 valence electrons. The normalized spacial score (nSPS) is 21.7. The van der Waals surface area contributed by atoms with Crippen LogP contribution in [-0.2, 0) is 6.54 Å². The minimum absolute atomic E-state index is 0.